The number of nitrogens with zero attached hydrogens (tertiary/aromatic N) is 1. The van der Waals surface area contributed by atoms with E-state index in [0.717, 1.165) is 12.8 Å². The van der Waals surface area contributed by atoms with Gasteiger partial charge in [0.05, 0.1) is 18.5 Å². The standard InChI is InChI=1S/C17H28N2O4/c1-5-9-17(3,23-10-6-2)16(20)19-14-7-8-15(18-13-14)22-12-11-21-4/h7-8,13H,5-6,9-12H2,1-4H3,(H,19,20)/t17-/m0/s1. The molecule has 0 fully saturated rings. The number of anilines is 1. The van der Waals surface area contributed by atoms with Crippen molar-refractivity contribution in [2.45, 2.75) is 45.6 Å². The van der Waals surface area contributed by atoms with E-state index < -0.39 is 5.60 Å². The summed E-state index contributed by atoms with van der Waals surface area (Å²) in [5.74, 6) is 0.348. The molecule has 0 bridgehead atoms. The number of carbonyl (C=O) groups excluding carboxylic acids is 1. The SMILES string of the molecule is CCCO[C@@](C)(CCC)C(=O)Nc1ccc(OCCOC)nc1. The Kier molecular flexibility index (Phi) is 8.58. The fourth-order valence-corrected chi connectivity index (χ4v) is 2.09. The van der Waals surface area contributed by atoms with Gasteiger partial charge in [0, 0.05) is 19.8 Å². The van der Waals surface area contributed by atoms with Crippen molar-refractivity contribution in [2.24, 2.45) is 0 Å². The van der Waals surface area contributed by atoms with Crippen LogP contribution in [0, 0.1) is 0 Å². The van der Waals surface area contributed by atoms with Crippen LogP contribution in [-0.4, -0.2) is 43.4 Å². The zero-order chi connectivity index (χ0) is 17.1. The molecular weight excluding hydrogens is 296 g/mol. The van der Waals surface area contributed by atoms with Crippen molar-refractivity contribution < 1.29 is 19.0 Å². The summed E-state index contributed by atoms with van der Waals surface area (Å²) in [6, 6.07) is 3.48. The number of hydrogen-bond donors (Lipinski definition) is 1. The summed E-state index contributed by atoms with van der Waals surface area (Å²) in [6.07, 6.45) is 4.00. The molecule has 1 amide bonds. The highest BCUT2D eigenvalue weighted by Gasteiger charge is 2.33. The summed E-state index contributed by atoms with van der Waals surface area (Å²) in [4.78, 5) is 16.7. The molecule has 0 aliphatic carbocycles. The van der Waals surface area contributed by atoms with E-state index in [1.807, 2.05) is 20.8 Å². The molecule has 1 N–H and O–H groups in total. The predicted octanol–water partition coefficient (Wildman–Crippen LogP) is 3.03. The first-order valence-corrected chi connectivity index (χ1v) is 8.09. The largest absolute Gasteiger partial charge is 0.475 e. The summed E-state index contributed by atoms with van der Waals surface area (Å²) in [7, 11) is 1.61. The Balaban J connectivity index is 2.63. The van der Waals surface area contributed by atoms with Crippen molar-refractivity contribution in [3.05, 3.63) is 18.3 Å². The fraction of sp³-hybridized carbons (Fsp3) is 0.647. The molecule has 0 spiro atoms. The van der Waals surface area contributed by atoms with E-state index in [4.69, 9.17) is 14.2 Å². The highest BCUT2D eigenvalue weighted by Crippen LogP contribution is 2.21. The van der Waals surface area contributed by atoms with E-state index in [9.17, 15) is 4.79 Å². The molecule has 0 aliphatic rings. The van der Waals surface area contributed by atoms with E-state index >= 15 is 0 Å². The Labute approximate surface area is 138 Å². The molecule has 0 saturated heterocycles. The zero-order valence-corrected chi connectivity index (χ0v) is 14.6. The molecule has 0 aliphatic heterocycles. The number of carbonyl (C=O) groups is 1. The van der Waals surface area contributed by atoms with Gasteiger partial charge in [0.2, 0.25) is 5.88 Å². The highest BCUT2D eigenvalue weighted by molar-refractivity contribution is 5.96. The van der Waals surface area contributed by atoms with Gasteiger partial charge in [-0.3, -0.25) is 4.79 Å². The maximum atomic E-state index is 12.5. The van der Waals surface area contributed by atoms with Gasteiger partial charge in [0.15, 0.2) is 0 Å². The molecule has 0 radical (unpaired) electrons. The third kappa shape index (κ3) is 6.54. The molecular formula is C17H28N2O4. The first kappa shape index (κ1) is 19.4. The monoisotopic (exact) mass is 324 g/mol. The van der Waals surface area contributed by atoms with Gasteiger partial charge in [0.1, 0.15) is 12.2 Å². The average molecular weight is 324 g/mol. The Hall–Kier alpha value is -1.66. The van der Waals surface area contributed by atoms with Crippen LogP contribution >= 0.6 is 0 Å². The Morgan fingerprint density at radius 1 is 1.22 bits per heavy atom. The first-order valence-electron chi connectivity index (χ1n) is 8.09. The zero-order valence-electron chi connectivity index (χ0n) is 14.6. The number of hydrogen-bond acceptors (Lipinski definition) is 5. The minimum atomic E-state index is -0.821. The normalized spacial score (nSPS) is 13.4. The van der Waals surface area contributed by atoms with Gasteiger partial charge in [-0.05, 0) is 25.8 Å². The van der Waals surface area contributed by atoms with Gasteiger partial charge >= 0.3 is 0 Å². The third-order valence-electron chi connectivity index (χ3n) is 3.36. The molecule has 1 aromatic heterocycles. The van der Waals surface area contributed by atoms with Crippen LogP contribution in [0.5, 0.6) is 5.88 Å². The van der Waals surface area contributed by atoms with Gasteiger partial charge in [-0.2, -0.15) is 0 Å². The molecule has 1 heterocycles. The van der Waals surface area contributed by atoms with Gasteiger partial charge in [-0.1, -0.05) is 20.3 Å². The Bertz CT molecular complexity index is 464. The summed E-state index contributed by atoms with van der Waals surface area (Å²) >= 11 is 0. The second kappa shape index (κ2) is 10.2. The maximum Gasteiger partial charge on any atom is 0.256 e. The minimum absolute atomic E-state index is 0.150. The molecule has 0 unspecified atom stereocenters. The average Bonchev–Trinajstić information content (AvgIpc) is 2.55. The summed E-state index contributed by atoms with van der Waals surface area (Å²) in [5.41, 5.74) is -0.199. The van der Waals surface area contributed by atoms with Gasteiger partial charge in [-0.25, -0.2) is 4.98 Å². The van der Waals surface area contributed by atoms with Crippen LogP contribution in [0.3, 0.4) is 0 Å². The molecule has 6 heteroatoms. The van der Waals surface area contributed by atoms with Gasteiger partial charge in [-0.15, -0.1) is 0 Å². The van der Waals surface area contributed by atoms with Gasteiger partial charge in [0.25, 0.3) is 5.91 Å². The topological polar surface area (TPSA) is 69.7 Å². The number of aromatic nitrogens is 1. The molecule has 6 nitrogen and oxygen atoms in total. The Morgan fingerprint density at radius 2 is 2.00 bits per heavy atom. The quantitative estimate of drug-likeness (QED) is 0.634. The van der Waals surface area contributed by atoms with Crippen LogP contribution in [-0.2, 0) is 14.3 Å². The molecule has 1 atom stereocenters. The summed E-state index contributed by atoms with van der Waals surface area (Å²) in [5, 5.41) is 2.86. The maximum absolute atomic E-state index is 12.5. The smallest absolute Gasteiger partial charge is 0.256 e. The van der Waals surface area contributed by atoms with Crippen molar-refractivity contribution in [1.29, 1.82) is 0 Å². The van der Waals surface area contributed by atoms with E-state index in [-0.39, 0.29) is 5.91 Å². The molecule has 1 aromatic rings. The third-order valence-corrected chi connectivity index (χ3v) is 3.36. The second-order valence-electron chi connectivity index (χ2n) is 5.51. The molecule has 130 valence electrons. The van der Waals surface area contributed by atoms with Crippen molar-refractivity contribution in [2.75, 3.05) is 32.2 Å². The van der Waals surface area contributed by atoms with Crippen LogP contribution < -0.4 is 10.1 Å². The second-order valence-corrected chi connectivity index (χ2v) is 5.51. The molecule has 0 saturated carbocycles. The van der Waals surface area contributed by atoms with Crippen LogP contribution in [0.15, 0.2) is 18.3 Å². The summed E-state index contributed by atoms with van der Waals surface area (Å²) < 4.78 is 16.1. The lowest BCUT2D eigenvalue weighted by atomic mass is 9.99. The number of methoxy groups -OCH3 is 1. The molecule has 0 aromatic carbocycles. The number of nitrogens with one attached hydrogen (secondary N) is 1. The predicted molar refractivity (Wildman–Crippen MR) is 89.8 cm³/mol. The van der Waals surface area contributed by atoms with Crippen LogP contribution in [0.4, 0.5) is 5.69 Å². The first-order chi connectivity index (χ1) is 11.1. The van der Waals surface area contributed by atoms with Crippen molar-refractivity contribution in [1.82, 2.24) is 4.98 Å². The number of rotatable bonds is 11. The number of pyridine rings is 1. The van der Waals surface area contributed by atoms with Crippen LogP contribution in [0.2, 0.25) is 0 Å². The van der Waals surface area contributed by atoms with E-state index in [0.29, 0.717) is 37.8 Å². The van der Waals surface area contributed by atoms with Gasteiger partial charge < -0.3 is 19.5 Å². The molecule has 1 rings (SSSR count). The van der Waals surface area contributed by atoms with E-state index in [1.54, 1.807) is 25.4 Å². The lowest BCUT2D eigenvalue weighted by molar-refractivity contribution is -0.140. The number of ether oxygens (including phenoxy) is 3. The van der Waals surface area contributed by atoms with Crippen LogP contribution in [0.1, 0.15) is 40.0 Å². The van der Waals surface area contributed by atoms with Crippen molar-refractivity contribution in [3.8, 4) is 5.88 Å². The highest BCUT2D eigenvalue weighted by atomic mass is 16.5. The molecule has 23 heavy (non-hydrogen) atoms. The minimum Gasteiger partial charge on any atom is -0.475 e. The summed E-state index contributed by atoms with van der Waals surface area (Å²) in [6.45, 7) is 7.40. The number of amides is 1. The van der Waals surface area contributed by atoms with Crippen molar-refractivity contribution in [3.63, 3.8) is 0 Å². The van der Waals surface area contributed by atoms with E-state index in [1.165, 1.54) is 0 Å². The fourth-order valence-electron chi connectivity index (χ4n) is 2.09. The Morgan fingerprint density at radius 3 is 2.57 bits per heavy atom. The van der Waals surface area contributed by atoms with Crippen molar-refractivity contribution >= 4 is 11.6 Å². The lowest BCUT2D eigenvalue weighted by Gasteiger charge is -2.28. The van der Waals surface area contributed by atoms with Crippen LogP contribution in [0.25, 0.3) is 0 Å². The lowest BCUT2D eigenvalue weighted by Crippen LogP contribution is -2.43. The van der Waals surface area contributed by atoms with E-state index in [2.05, 4.69) is 10.3 Å².